The molecule has 0 aromatic heterocycles. The molecule has 21 heavy (non-hydrogen) atoms. The van der Waals surface area contributed by atoms with Gasteiger partial charge in [-0.05, 0) is 31.0 Å². The summed E-state index contributed by atoms with van der Waals surface area (Å²) in [5.74, 6) is 0.454. The van der Waals surface area contributed by atoms with Crippen molar-refractivity contribution in [1.82, 2.24) is 0 Å². The zero-order valence-corrected chi connectivity index (χ0v) is 12.7. The van der Waals surface area contributed by atoms with Gasteiger partial charge in [-0.25, -0.2) is 0 Å². The fraction of sp³-hybridized carbons (Fsp3) is 0.562. The molecule has 5 heteroatoms. The van der Waals surface area contributed by atoms with Gasteiger partial charge in [0.15, 0.2) is 0 Å². The average Bonchev–Trinajstić information content (AvgIpc) is 2.47. The Morgan fingerprint density at radius 3 is 2.24 bits per heavy atom. The van der Waals surface area contributed by atoms with Gasteiger partial charge in [0.25, 0.3) is 0 Å². The molecule has 0 bridgehead atoms. The van der Waals surface area contributed by atoms with Gasteiger partial charge in [-0.3, -0.25) is 0 Å². The Kier molecular flexibility index (Phi) is 6.07. The topological polar surface area (TPSA) is 27.0 Å². The van der Waals surface area contributed by atoms with Gasteiger partial charge in [0.2, 0.25) is 0 Å². The predicted molar refractivity (Wildman–Crippen MR) is 78.1 cm³/mol. The number of nitrogens with zero attached hydrogens (tertiary/aromatic N) is 2. The summed E-state index contributed by atoms with van der Waals surface area (Å²) in [5, 5.41) is 8.83. The number of halogens is 3. The summed E-state index contributed by atoms with van der Waals surface area (Å²) in [4.78, 5) is 1.94. The average molecular weight is 298 g/mol. The van der Waals surface area contributed by atoms with Crippen molar-refractivity contribution in [2.45, 2.75) is 39.8 Å². The Labute approximate surface area is 124 Å². The SMILES string of the molecule is CCC(CC)CN(CC)c1ccc(C#N)c(C(F)(F)F)c1. The van der Waals surface area contributed by atoms with Gasteiger partial charge in [0, 0.05) is 18.8 Å². The second kappa shape index (κ2) is 7.35. The molecule has 0 radical (unpaired) electrons. The van der Waals surface area contributed by atoms with Gasteiger partial charge in [-0.15, -0.1) is 0 Å². The van der Waals surface area contributed by atoms with Gasteiger partial charge >= 0.3 is 6.18 Å². The Morgan fingerprint density at radius 2 is 1.81 bits per heavy atom. The van der Waals surface area contributed by atoms with E-state index < -0.39 is 11.7 Å². The highest BCUT2D eigenvalue weighted by Crippen LogP contribution is 2.34. The number of hydrogen-bond acceptors (Lipinski definition) is 2. The largest absolute Gasteiger partial charge is 0.417 e. The third kappa shape index (κ3) is 4.38. The lowest BCUT2D eigenvalue weighted by Crippen LogP contribution is -2.29. The second-order valence-electron chi connectivity index (χ2n) is 5.06. The maximum atomic E-state index is 13.0. The first-order chi connectivity index (χ1) is 9.87. The number of alkyl halides is 3. The third-order valence-electron chi connectivity index (χ3n) is 3.81. The van der Waals surface area contributed by atoms with Crippen LogP contribution in [0.25, 0.3) is 0 Å². The standard InChI is InChI=1S/C16H21F3N2/c1-4-12(5-2)11-21(6-3)14-8-7-13(10-20)15(9-14)16(17,18)19/h7-9,12H,4-6,11H2,1-3H3. The molecule has 0 aliphatic heterocycles. The van der Waals surface area contributed by atoms with Crippen molar-refractivity contribution in [2.24, 2.45) is 5.92 Å². The minimum Gasteiger partial charge on any atom is -0.372 e. The predicted octanol–water partition coefficient (Wildman–Crippen LogP) is 4.84. The Balaban J connectivity index is 3.15. The molecule has 0 heterocycles. The van der Waals surface area contributed by atoms with Crippen LogP contribution < -0.4 is 4.90 Å². The number of anilines is 1. The maximum Gasteiger partial charge on any atom is 0.417 e. The fourth-order valence-electron chi connectivity index (χ4n) is 2.34. The van der Waals surface area contributed by atoms with Crippen molar-refractivity contribution < 1.29 is 13.2 Å². The van der Waals surface area contributed by atoms with Crippen LogP contribution in [0, 0.1) is 17.2 Å². The van der Waals surface area contributed by atoms with E-state index in [-0.39, 0.29) is 5.56 Å². The summed E-state index contributed by atoms with van der Waals surface area (Å²) in [6.45, 7) is 7.46. The zero-order valence-electron chi connectivity index (χ0n) is 12.7. The molecular weight excluding hydrogens is 277 g/mol. The molecule has 0 amide bonds. The molecule has 1 aromatic rings. The lowest BCUT2D eigenvalue weighted by molar-refractivity contribution is -0.137. The molecule has 1 aromatic carbocycles. The summed E-state index contributed by atoms with van der Waals surface area (Å²) in [6.07, 6.45) is -2.51. The van der Waals surface area contributed by atoms with Gasteiger partial charge < -0.3 is 4.90 Å². The molecule has 0 saturated heterocycles. The van der Waals surface area contributed by atoms with Crippen LogP contribution in [-0.2, 0) is 6.18 Å². The minimum atomic E-state index is -4.50. The van der Waals surface area contributed by atoms with Crippen LogP contribution in [-0.4, -0.2) is 13.1 Å². The summed E-state index contributed by atoms with van der Waals surface area (Å²) < 4.78 is 39.0. The lowest BCUT2D eigenvalue weighted by atomic mass is 10.0. The van der Waals surface area contributed by atoms with Gasteiger partial charge in [0.1, 0.15) is 0 Å². The molecule has 0 atom stereocenters. The fourth-order valence-corrected chi connectivity index (χ4v) is 2.34. The quantitative estimate of drug-likeness (QED) is 0.751. The van der Waals surface area contributed by atoms with E-state index in [1.807, 2.05) is 11.8 Å². The van der Waals surface area contributed by atoms with Crippen LogP contribution in [0.2, 0.25) is 0 Å². The van der Waals surface area contributed by atoms with E-state index in [2.05, 4.69) is 13.8 Å². The van der Waals surface area contributed by atoms with Crippen molar-refractivity contribution in [3.8, 4) is 6.07 Å². The van der Waals surface area contributed by atoms with Crippen molar-refractivity contribution in [2.75, 3.05) is 18.0 Å². The van der Waals surface area contributed by atoms with Crippen molar-refractivity contribution in [3.63, 3.8) is 0 Å². The molecule has 0 unspecified atom stereocenters. The molecular formula is C16H21F3N2. The minimum absolute atomic E-state index is 0.329. The van der Waals surface area contributed by atoms with Crippen LogP contribution in [0.1, 0.15) is 44.7 Å². The highest BCUT2D eigenvalue weighted by molar-refractivity contribution is 5.54. The highest BCUT2D eigenvalue weighted by Gasteiger charge is 2.34. The number of benzene rings is 1. The summed E-state index contributed by atoms with van der Waals surface area (Å²) in [6, 6.07) is 5.55. The Morgan fingerprint density at radius 1 is 1.19 bits per heavy atom. The summed E-state index contributed by atoms with van der Waals surface area (Å²) in [7, 11) is 0. The summed E-state index contributed by atoms with van der Waals surface area (Å²) in [5.41, 5.74) is -0.661. The monoisotopic (exact) mass is 298 g/mol. The molecule has 0 N–H and O–H groups in total. The molecule has 2 nitrogen and oxygen atoms in total. The molecule has 0 spiro atoms. The van der Waals surface area contributed by atoms with E-state index in [0.29, 0.717) is 18.2 Å². The van der Waals surface area contributed by atoms with E-state index in [0.717, 1.165) is 25.5 Å². The Hall–Kier alpha value is -1.70. The number of hydrogen-bond donors (Lipinski definition) is 0. The second-order valence-corrected chi connectivity index (χ2v) is 5.06. The third-order valence-corrected chi connectivity index (χ3v) is 3.81. The number of rotatable bonds is 6. The van der Waals surface area contributed by atoms with E-state index in [1.54, 1.807) is 12.1 Å². The Bertz CT molecular complexity index is 499. The van der Waals surface area contributed by atoms with Crippen LogP contribution in [0.4, 0.5) is 18.9 Å². The van der Waals surface area contributed by atoms with Gasteiger partial charge in [0.05, 0.1) is 17.2 Å². The van der Waals surface area contributed by atoms with Crippen molar-refractivity contribution >= 4 is 5.69 Å². The molecule has 0 aliphatic carbocycles. The van der Waals surface area contributed by atoms with Crippen molar-refractivity contribution in [3.05, 3.63) is 29.3 Å². The van der Waals surface area contributed by atoms with E-state index in [9.17, 15) is 13.2 Å². The van der Waals surface area contributed by atoms with Gasteiger partial charge in [-0.1, -0.05) is 26.7 Å². The molecule has 1 rings (SSSR count). The maximum absolute atomic E-state index is 13.0. The summed E-state index contributed by atoms with van der Waals surface area (Å²) >= 11 is 0. The molecule has 0 saturated carbocycles. The van der Waals surface area contributed by atoms with Crippen LogP contribution in [0.3, 0.4) is 0 Å². The first-order valence-electron chi connectivity index (χ1n) is 7.23. The molecule has 0 aliphatic rings. The van der Waals surface area contributed by atoms with Crippen molar-refractivity contribution in [1.29, 1.82) is 5.26 Å². The lowest BCUT2D eigenvalue weighted by Gasteiger charge is -2.28. The highest BCUT2D eigenvalue weighted by atomic mass is 19.4. The molecule has 0 fully saturated rings. The van der Waals surface area contributed by atoms with E-state index in [4.69, 9.17) is 5.26 Å². The van der Waals surface area contributed by atoms with Crippen LogP contribution >= 0.6 is 0 Å². The van der Waals surface area contributed by atoms with Gasteiger partial charge in [-0.2, -0.15) is 18.4 Å². The smallest absolute Gasteiger partial charge is 0.372 e. The van der Waals surface area contributed by atoms with E-state index in [1.165, 1.54) is 6.07 Å². The zero-order chi connectivity index (χ0) is 16.0. The number of nitriles is 1. The van der Waals surface area contributed by atoms with Crippen LogP contribution in [0.15, 0.2) is 18.2 Å². The first kappa shape index (κ1) is 17.4. The van der Waals surface area contributed by atoms with E-state index >= 15 is 0 Å². The van der Waals surface area contributed by atoms with Crippen LogP contribution in [0.5, 0.6) is 0 Å². The first-order valence-corrected chi connectivity index (χ1v) is 7.23. The molecule has 116 valence electrons. The normalized spacial score (nSPS) is 11.5.